The van der Waals surface area contributed by atoms with Crippen LogP contribution < -0.4 is 10.1 Å². The van der Waals surface area contributed by atoms with Crippen LogP contribution in [0.4, 0.5) is 5.69 Å². The molecule has 84 valence electrons. The predicted octanol–water partition coefficient (Wildman–Crippen LogP) is 3.55. The molecule has 0 aliphatic heterocycles. The van der Waals surface area contributed by atoms with Gasteiger partial charge in [0.15, 0.2) is 0 Å². The lowest BCUT2D eigenvalue weighted by Crippen LogP contribution is -1.98. The maximum absolute atomic E-state index is 5.92. The van der Waals surface area contributed by atoms with Crippen LogP contribution in [0.15, 0.2) is 41.0 Å². The second kappa shape index (κ2) is 4.94. The highest BCUT2D eigenvalue weighted by atomic mass is 35.5. The number of halogens is 1. The molecule has 4 heteroatoms. The SMILES string of the molecule is COc1cc(NCc2ccco2)ccc1Cl. The second-order valence-electron chi connectivity index (χ2n) is 3.28. The highest BCUT2D eigenvalue weighted by molar-refractivity contribution is 6.32. The highest BCUT2D eigenvalue weighted by Crippen LogP contribution is 2.27. The molecule has 0 aliphatic carbocycles. The molecule has 3 nitrogen and oxygen atoms in total. The van der Waals surface area contributed by atoms with Crippen LogP contribution in [0.1, 0.15) is 5.76 Å². The Labute approximate surface area is 99.0 Å². The minimum Gasteiger partial charge on any atom is -0.495 e. The Hall–Kier alpha value is -1.61. The van der Waals surface area contributed by atoms with E-state index in [1.54, 1.807) is 19.4 Å². The largest absolute Gasteiger partial charge is 0.495 e. The molecule has 1 aromatic heterocycles. The van der Waals surface area contributed by atoms with Gasteiger partial charge in [-0.2, -0.15) is 0 Å². The highest BCUT2D eigenvalue weighted by Gasteiger charge is 2.02. The Balaban J connectivity index is 2.04. The molecule has 0 fully saturated rings. The molecule has 1 N–H and O–H groups in total. The van der Waals surface area contributed by atoms with Crippen molar-refractivity contribution in [2.75, 3.05) is 12.4 Å². The summed E-state index contributed by atoms with van der Waals surface area (Å²) in [5.74, 6) is 1.54. The molecule has 16 heavy (non-hydrogen) atoms. The fourth-order valence-corrected chi connectivity index (χ4v) is 1.57. The Bertz CT molecular complexity index is 454. The first-order chi connectivity index (χ1) is 7.79. The molecule has 0 radical (unpaired) electrons. The molecule has 0 aliphatic rings. The molecular weight excluding hydrogens is 226 g/mol. The number of hydrogen-bond donors (Lipinski definition) is 1. The normalized spacial score (nSPS) is 10.1. The number of ether oxygens (including phenoxy) is 1. The lowest BCUT2D eigenvalue weighted by molar-refractivity contribution is 0.415. The van der Waals surface area contributed by atoms with Crippen LogP contribution in [0.3, 0.4) is 0 Å². The Morgan fingerprint density at radius 2 is 2.25 bits per heavy atom. The minimum atomic E-state index is 0.603. The maximum Gasteiger partial charge on any atom is 0.139 e. The number of nitrogens with one attached hydrogen (secondary N) is 1. The van der Waals surface area contributed by atoms with Crippen molar-refractivity contribution < 1.29 is 9.15 Å². The number of benzene rings is 1. The van der Waals surface area contributed by atoms with Gasteiger partial charge in [-0.25, -0.2) is 0 Å². The summed E-state index contributed by atoms with van der Waals surface area (Å²) in [7, 11) is 1.59. The van der Waals surface area contributed by atoms with Gasteiger partial charge in [-0.1, -0.05) is 11.6 Å². The lowest BCUT2D eigenvalue weighted by Gasteiger charge is -2.07. The van der Waals surface area contributed by atoms with Crippen molar-refractivity contribution in [2.24, 2.45) is 0 Å². The lowest BCUT2D eigenvalue weighted by atomic mass is 10.3. The summed E-state index contributed by atoms with van der Waals surface area (Å²) < 4.78 is 10.3. The molecule has 0 saturated heterocycles. The van der Waals surface area contributed by atoms with Crippen molar-refractivity contribution in [3.8, 4) is 5.75 Å². The number of methoxy groups -OCH3 is 1. The summed E-state index contributed by atoms with van der Waals surface area (Å²) in [5.41, 5.74) is 0.942. The van der Waals surface area contributed by atoms with Gasteiger partial charge in [-0.05, 0) is 24.3 Å². The van der Waals surface area contributed by atoms with E-state index in [2.05, 4.69) is 5.32 Å². The average molecular weight is 238 g/mol. The topological polar surface area (TPSA) is 34.4 Å². The summed E-state index contributed by atoms with van der Waals surface area (Å²) in [6.45, 7) is 0.637. The van der Waals surface area contributed by atoms with Crippen molar-refractivity contribution in [3.05, 3.63) is 47.4 Å². The average Bonchev–Trinajstić information content (AvgIpc) is 2.81. The van der Waals surface area contributed by atoms with Gasteiger partial charge in [-0.3, -0.25) is 0 Å². The third-order valence-electron chi connectivity index (χ3n) is 2.20. The van der Waals surface area contributed by atoms with E-state index < -0.39 is 0 Å². The van der Waals surface area contributed by atoms with Crippen LogP contribution in [0.5, 0.6) is 5.75 Å². The second-order valence-corrected chi connectivity index (χ2v) is 3.69. The Morgan fingerprint density at radius 3 is 2.94 bits per heavy atom. The van der Waals surface area contributed by atoms with E-state index in [9.17, 15) is 0 Å². The van der Waals surface area contributed by atoms with Gasteiger partial charge in [0, 0.05) is 11.8 Å². The van der Waals surface area contributed by atoms with Crippen molar-refractivity contribution in [3.63, 3.8) is 0 Å². The quantitative estimate of drug-likeness (QED) is 0.883. The van der Waals surface area contributed by atoms with E-state index >= 15 is 0 Å². The molecule has 0 amide bonds. The molecule has 0 atom stereocenters. The molecule has 0 spiro atoms. The number of furan rings is 1. The van der Waals surface area contributed by atoms with Gasteiger partial charge in [0.25, 0.3) is 0 Å². The third kappa shape index (κ3) is 2.49. The van der Waals surface area contributed by atoms with Gasteiger partial charge in [-0.15, -0.1) is 0 Å². The first-order valence-corrected chi connectivity index (χ1v) is 5.27. The van der Waals surface area contributed by atoms with Crippen molar-refractivity contribution in [1.29, 1.82) is 0 Å². The van der Waals surface area contributed by atoms with Gasteiger partial charge >= 0.3 is 0 Å². The first-order valence-electron chi connectivity index (χ1n) is 4.89. The molecule has 0 saturated carbocycles. The fourth-order valence-electron chi connectivity index (χ4n) is 1.37. The Kier molecular flexibility index (Phi) is 3.37. The number of anilines is 1. The molecule has 1 aromatic carbocycles. The van der Waals surface area contributed by atoms with Crippen molar-refractivity contribution in [1.82, 2.24) is 0 Å². The van der Waals surface area contributed by atoms with Crippen LogP contribution in [-0.2, 0) is 6.54 Å². The summed E-state index contributed by atoms with van der Waals surface area (Å²) in [4.78, 5) is 0. The van der Waals surface area contributed by atoms with E-state index in [1.807, 2.05) is 24.3 Å². The minimum absolute atomic E-state index is 0.603. The van der Waals surface area contributed by atoms with E-state index in [0.717, 1.165) is 11.4 Å². The molecule has 0 bridgehead atoms. The van der Waals surface area contributed by atoms with Crippen LogP contribution >= 0.6 is 11.6 Å². The standard InChI is InChI=1S/C12H12ClNO2/c1-15-12-7-9(4-5-11(12)13)14-8-10-3-2-6-16-10/h2-7,14H,8H2,1H3. The molecule has 2 aromatic rings. The monoisotopic (exact) mass is 237 g/mol. The summed E-state index contributed by atoms with van der Waals surface area (Å²) in [6.07, 6.45) is 1.65. The summed E-state index contributed by atoms with van der Waals surface area (Å²) >= 11 is 5.92. The molecular formula is C12H12ClNO2. The predicted molar refractivity (Wildman–Crippen MR) is 64.0 cm³/mol. The van der Waals surface area contributed by atoms with Gasteiger partial charge < -0.3 is 14.5 Å². The van der Waals surface area contributed by atoms with Crippen molar-refractivity contribution >= 4 is 17.3 Å². The van der Waals surface area contributed by atoms with Crippen molar-refractivity contribution in [2.45, 2.75) is 6.54 Å². The van der Waals surface area contributed by atoms with Gasteiger partial charge in [0.1, 0.15) is 11.5 Å². The van der Waals surface area contributed by atoms with Gasteiger partial charge in [0.05, 0.1) is 24.9 Å². The van der Waals surface area contributed by atoms with E-state index in [0.29, 0.717) is 17.3 Å². The fraction of sp³-hybridized carbons (Fsp3) is 0.167. The maximum atomic E-state index is 5.92. The van der Waals surface area contributed by atoms with Crippen LogP contribution in [0.25, 0.3) is 0 Å². The zero-order valence-corrected chi connectivity index (χ0v) is 9.62. The van der Waals surface area contributed by atoms with E-state index in [1.165, 1.54) is 0 Å². The zero-order valence-electron chi connectivity index (χ0n) is 8.87. The summed E-state index contributed by atoms with van der Waals surface area (Å²) in [5, 5.41) is 3.82. The van der Waals surface area contributed by atoms with Crippen LogP contribution in [0, 0.1) is 0 Å². The Morgan fingerprint density at radius 1 is 1.38 bits per heavy atom. The number of hydrogen-bond acceptors (Lipinski definition) is 3. The van der Waals surface area contributed by atoms with E-state index in [-0.39, 0.29) is 0 Å². The first kappa shape index (κ1) is 10.9. The van der Waals surface area contributed by atoms with Crippen LogP contribution in [-0.4, -0.2) is 7.11 Å². The van der Waals surface area contributed by atoms with Crippen LogP contribution in [0.2, 0.25) is 5.02 Å². The number of rotatable bonds is 4. The molecule has 2 rings (SSSR count). The van der Waals surface area contributed by atoms with Gasteiger partial charge in [0.2, 0.25) is 0 Å². The molecule has 0 unspecified atom stereocenters. The van der Waals surface area contributed by atoms with E-state index in [4.69, 9.17) is 20.8 Å². The smallest absolute Gasteiger partial charge is 0.139 e. The third-order valence-corrected chi connectivity index (χ3v) is 2.51. The molecule has 1 heterocycles. The zero-order chi connectivity index (χ0) is 11.4. The summed E-state index contributed by atoms with van der Waals surface area (Å²) in [6, 6.07) is 9.32.